The van der Waals surface area contributed by atoms with Crippen LogP contribution in [-0.4, -0.2) is 52.4 Å². The summed E-state index contributed by atoms with van der Waals surface area (Å²) in [7, 11) is 2.01. The van der Waals surface area contributed by atoms with Gasteiger partial charge in [0.15, 0.2) is 0 Å². The van der Waals surface area contributed by atoms with Crippen LogP contribution in [0.2, 0.25) is 0 Å². The molecule has 1 aliphatic heterocycles. The predicted octanol–water partition coefficient (Wildman–Crippen LogP) is 3.87. The molecular weight excluding hydrogens is 409 g/mol. The van der Waals surface area contributed by atoms with E-state index in [-0.39, 0.29) is 23.6 Å². The second-order valence-electron chi connectivity index (χ2n) is 7.73. The zero-order valence-corrected chi connectivity index (χ0v) is 16.7. The van der Waals surface area contributed by atoms with Crippen LogP contribution in [0, 0.1) is 0 Å². The summed E-state index contributed by atoms with van der Waals surface area (Å²) in [5.74, 6) is -1.48. The van der Waals surface area contributed by atoms with Crippen molar-refractivity contribution in [2.45, 2.75) is 31.1 Å². The highest BCUT2D eigenvalue weighted by Crippen LogP contribution is 2.29. The second-order valence-corrected chi connectivity index (χ2v) is 7.73. The molecule has 6 nitrogen and oxygen atoms in total. The Balaban J connectivity index is 1.44. The van der Waals surface area contributed by atoms with Gasteiger partial charge in [-0.1, -0.05) is 24.3 Å². The number of nitrogens with zero attached hydrogens (tertiary/aromatic N) is 2. The van der Waals surface area contributed by atoms with Crippen LogP contribution in [0.25, 0.3) is 11.0 Å². The number of hydrogen-bond donors (Lipinski definition) is 2. The molecule has 1 aromatic heterocycles. The van der Waals surface area contributed by atoms with E-state index >= 15 is 0 Å². The van der Waals surface area contributed by atoms with E-state index in [2.05, 4.69) is 20.2 Å². The Morgan fingerprint density at radius 2 is 1.77 bits per heavy atom. The molecule has 2 unspecified atom stereocenters. The zero-order chi connectivity index (χ0) is 22.2. The summed E-state index contributed by atoms with van der Waals surface area (Å²) in [6, 6.07) is 12.2. The smallest absolute Gasteiger partial charge is 0.349 e. The number of carbonyl (C=O) groups is 2. The van der Waals surface area contributed by atoms with Gasteiger partial charge in [0.1, 0.15) is 5.82 Å². The molecular formula is C22H21F3N4O2. The van der Waals surface area contributed by atoms with Crippen LogP contribution in [0.4, 0.5) is 13.2 Å². The molecule has 0 spiro atoms. The number of rotatable bonds is 4. The van der Waals surface area contributed by atoms with Crippen LogP contribution in [0.1, 0.15) is 45.4 Å². The highest BCUT2D eigenvalue weighted by molar-refractivity contribution is 6.01. The van der Waals surface area contributed by atoms with E-state index in [0.29, 0.717) is 6.42 Å². The van der Waals surface area contributed by atoms with E-state index in [9.17, 15) is 22.8 Å². The summed E-state index contributed by atoms with van der Waals surface area (Å²) in [5, 5.41) is 2.95. The van der Waals surface area contributed by atoms with Gasteiger partial charge in [-0.2, -0.15) is 13.2 Å². The van der Waals surface area contributed by atoms with Gasteiger partial charge in [-0.3, -0.25) is 14.5 Å². The number of alkyl halides is 3. The molecule has 2 heterocycles. The van der Waals surface area contributed by atoms with Crippen LogP contribution in [-0.2, 0) is 0 Å². The van der Waals surface area contributed by atoms with Crippen LogP contribution in [0.3, 0.4) is 0 Å². The summed E-state index contributed by atoms with van der Waals surface area (Å²) in [6.45, 7) is 0.756. The Morgan fingerprint density at radius 3 is 2.45 bits per heavy atom. The van der Waals surface area contributed by atoms with Crippen LogP contribution >= 0.6 is 0 Å². The van der Waals surface area contributed by atoms with Gasteiger partial charge in [0.05, 0.1) is 17.1 Å². The minimum Gasteiger partial charge on any atom is -0.349 e. The molecule has 31 heavy (non-hydrogen) atoms. The Hall–Kier alpha value is -3.20. The Bertz CT molecular complexity index is 1070. The van der Waals surface area contributed by atoms with E-state index in [1.54, 1.807) is 0 Å². The number of carbonyl (C=O) groups excluding carboxylic acids is 2. The number of ketones is 1. The molecule has 2 N–H and O–H groups in total. The summed E-state index contributed by atoms with van der Waals surface area (Å²) in [6.07, 6.45) is -3.56. The predicted molar refractivity (Wildman–Crippen MR) is 109 cm³/mol. The number of benzene rings is 2. The van der Waals surface area contributed by atoms with E-state index in [0.717, 1.165) is 42.0 Å². The fourth-order valence-electron chi connectivity index (χ4n) is 3.87. The molecule has 2 atom stereocenters. The van der Waals surface area contributed by atoms with Crippen molar-refractivity contribution in [3.8, 4) is 0 Å². The Morgan fingerprint density at radius 1 is 1.10 bits per heavy atom. The van der Waals surface area contributed by atoms with Crippen molar-refractivity contribution in [3.05, 3.63) is 65.5 Å². The topological polar surface area (TPSA) is 78.1 Å². The Labute approximate surface area is 176 Å². The molecule has 0 bridgehead atoms. The average Bonchev–Trinajstić information content (AvgIpc) is 3.18. The molecule has 0 aliphatic carbocycles. The first-order valence-electron chi connectivity index (χ1n) is 9.89. The molecule has 1 aliphatic rings. The number of likely N-dealkylation sites (tertiary alicyclic amines) is 1. The van der Waals surface area contributed by atoms with Crippen molar-refractivity contribution in [3.63, 3.8) is 0 Å². The lowest BCUT2D eigenvalue weighted by molar-refractivity contribution is -0.0885. The first-order valence-corrected chi connectivity index (χ1v) is 9.89. The summed E-state index contributed by atoms with van der Waals surface area (Å²) < 4.78 is 37.6. The standard InChI is InChI=1S/C22H21F3N4O2/c1-29-11-10-15(12-18(29)20-27-16-4-2-3-5-17(16)28-20)26-21(31)14-8-6-13(7-9-14)19(30)22(23,24)25/h2-9,15,18H,10-12H2,1H3,(H,26,31)(H,27,28). The minimum atomic E-state index is -4.94. The lowest BCUT2D eigenvalue weighted by atomic mass is 9.96. The lowest BCUT2D eigenvalue weighted by Gasteiger charge is -2.36. The van der Waals surface area contributed by atoms with Crippen LogP contribution in [0.5, 0.6) is 0 Å². The largest absolute Gasteiger partial charge is 0.454 e. The van der Waals surface area contributed by atoms with Gasteiger partial charge >= 0.3 is 6.18 Å². The molecule has 3 aromatic rings. The summed E-state index contributed by atoms with van der Waals surface area (Å²) in [5.41, 5.74) is 1.54. The van der Waals surface area contributed by atoms with Crippen molar-refractivity contribution in [1.29, 1.82) is 0 Å². The molecule has 9 heteroatoms. The Kier molecular flexibility index (Phi) is 5.53. The summed E-state index contributed by atoms with van der Waals surface area (Å²) in [4.78, 5) is 34.1. The number of Topliss-reactive ketones (excluding diaryl/α,β-unsaturated/α-hetero) is 1. The van der Waals surface area contributed by atoms with E-state index in [1.807, 2.05) is 31.3 Å². The number of hydrogen-bond acceptors (Lipinski definition) is 4. The van der Waals surface area contributed by atoms with Gasteiger partial charge in [-0.25, -0.2) is 4.98 Å². The number of nitrogens with one attached hydrogen (secondary N) is 2. The minimum absolute atomic E-state index is 0.00164. The third-order valence-electron chi connectivity index (χ3n) is 5.60. The first-order chi connectivity index (χ1) is 14.7. The summed E-state index contributed by atoms with van der Waals surface area (Å²) >= 11 is 0. The zero-order valence-electron chi connectivity index (χ0n) is 16.7. The maximum Gasteiger partial charge on any atom is 0.454 e. The maximum atomic E-state index is 12.6. The molecule has 0 saturated carbocycles. The van der Waals surface area contributed by atoms with Crippen molar-refractivity contribution in [1.82, 2.24) is 20.2 Å². The highest BCUT2D eigenvalue weighted by atomic mass is 19.4. The van der Waals surface area contributed by atoms with Gasteiger partial charge in [0, 0.05) is 23.7 Å². The number of amides is 1. The third kappa shape index (κ3) is 4.46. The molecule has 2 aromatic carbocycles. The van der Waals surface area contributed by atoms with Gasteiger partial charge in [0.2, 0.25) is 0 Å². The monoisotopic (exact) mass is 430 g/mol. The number of H-pyrrole nitrogens is 1. The van der Waals surface area contributed by atoms with Gasteiger partial charge in [0.25, 0.3) is 11.7 Å². The van der Waals surface area contributed by atoms with E-state index in [1.165, 1.54) is 12.1 Å². The number of piperidine rings is 1. The second kappa shape index (κ2) is 8.14. The average molecular weight is 430 g/mol. The van der Waals surface area contributed by atoms with Gasteiger partial charge < -0.3 is 10.3 Å². The maximum absolute atomic E-state index is 12.6. The van der Waals surface area contributed by atoms with E-state index in [4.69, 9.17) is 0 Å². The third-order valence-corrected chi connectivity index (χ3v) is 5.60. The fraction of sp³-hybridized carbons (Fsp3) is 0.318. The van der Waals surface area contributed by atoms with Crippen molar-refractivity contribution < 1.29 is 22.8 Å². The molecule has 162 valence electrons. The highest BCUT2D eigenvalue weighted by Gasteiger charge is 2.39. The van der Waals surface area contributed by atoms with Crippen LogP contribution in [0.15, 0.2) is 48.5 Å². The first kappa shape index (κ1) is 21.0. The van der Waals surface area contributed by atoms with Crippen molar-refractivity contribution in [2.75, 3.05) is 13.6 Å². The number of aromatic nitrogens is 2. The fourth-order valence-corrected chi connectivity index (χ4v) is 3.87. The molecule has 1 fully saturated rings. The van der Waals surface area contributed by atoms with Crippen molar-refractivity contribution >= 4 is 22.7 Å². The van der Waals surface area contributed by atoms with Crippen molar-refractivity contribution in [2.24, 2.45) is 0 Å². The number of imidazole rings is 1. The van der Waals surface area contributed by atoms with Gasteiger partial charge in [-0.05, 0) is 44.2 Å². The number of fused-ring (bicyclic) bond motifs is 1. The number of para-hydroxylation sites is 2. The molecule has 1 amide bonds. The molecule has 1 saturated heterocycles. The van der Waals surface area contributed by atoms with E-state index < -0.39 is 17.5 Å². The quantitative estimate of drug-likeness (QED) is 0.616. The SMILES string of the molecule is CN1CCC(NC(=O)c2ccc(C(=O)C(F)(F)F)cc2)CC1c1nc2ccccc2[nH]1. The number of halogens is 3. The van der Waals surface area contributed by atoms with Gasteiger partial charge in [-0.15, -0.1) is 0 Å². The van der Waals surface area contributed by atoms with Crippen LogP contribution < -0.4 is 5.32 Å². The lowest BCUT2D eigenvalue weighted by Crippen LogP contribution is -2.45. The molecule has 0 radical (unpaired) electrons. The number of aromatic amines is 1. The normalized spacial score (nSPS) is 20.0. The molecule has 4 rings (SSSR count).